The van der Waals surface area contributed by atoms with Crippen molar-refractivity contribution in [1.29, 1.82) is 0 Å². The number of ether oxygens (including phenoxy) is 1. The summed E-state index contributed by atoms with van der Waals surface area (Å²) < 4.78 is 7.84. The minimum atomic E-state index is 0.270. The number of rotatable bonds is 10. The van der Waals surface area contributed by atoms with Gasteiger partial charge in [0.05, 0.1) is 0 Å². The Morgan fingerprint density at radius 1 is 1.07 bits per heavy atom. The Hall–Kier alpha value is -4.21. The SMILES string of the molecule is CCN1CCC1/C=C/C=O.CN/N=C(/N)c1c(C=O)c(C2CCN(C)C2)cn1-c1ccc(Oc2ccccc2)cc1. The zero-order valence-corrected chi connectivity index (χ0v) is 24.1. The number of hydrogen-bond acceptors (Lipinski definition) is 7. The predicted octanol–water partition coefficient (Wildman–Crippen LogP) is 4.18. The normalized spacial score (nSPS) is 19.3. The number of nitrogens with one attached hydrogen (secondary N) is 1. The lowest BCUT2D eigenvalue weighted by Crippen LogP contribution is -2.45. The molecule has 5 rings (SSSR count). The highest BCUT2D eigenvalue weighted by atomic mass is 16.5. The number of carbonyl (C=O) groups excluding carboxylic acids is 2. The fourth-order valence-electron chi connectivity index (χ4n) is 5.36. The molecule has 3 N–H and O–H groups in total. The topological polar surface area (TPSA) is 105 Å². The first-order valence-corrected chi connectivity index (χ1v) is 14.1. The zero-order valence-electron chi connectivity index (χ0n) is 24.1. The fourth-order valence-corrected chi connectivity index (χ4v) is 5.36. The molecule has 0 radical (unpaired) electrons. The van der Waals surface area contributed by atoms with Gasteiger partial charge in [-0.25, -0.2) is 0 Å². The molecule has 9 heteroatoms. The van der Waals surface area contributed by atoms with Gasteiger partial charge in [0.15, 0.2) is 12.1 Å². The van der Waals surface area contributed by atoms with E-state index in [0.29, 0.717) is 17.3 Å². The molecule has 9 nitrogen and oxygen atoms in total. The maximum atomic E-state index is 12.1. The van der Waals surface area contributed by atoms with E-state index < -0.39 is 0 Å². The molecule has 2 aliphatic heterocycles. The highest BCUT2D eigenvalue weighted by Crippen LogP contribution is 2.33. The second-order valence-electron chi connectivity index (χ2n) is 10.2. The van der Waals surface area contributed by atoms with Crippen molar-refractivity contribution in [3.63, 3.8) is 0 Å². The third-order valence-electron chi connectivity index (χ3n) is 7.59. The average molecular weight is 557 g/mol. The van der Waals surface area contributed by atoms with Crippen LogP contribution < -0.4 is 15.9 Å². The molecule has 2 aliphatic rings. The van der Waals surface area contributed by atoms with Crippen molar-refractivity contribution in [2.24, 2.45) is 10.8 Å². The van der Waals surface area contributed by atoms with E-state index in [1.165, 1.54) is 13.0 Å². The van der Waals surface area contributed by atoms with Crippen molar-refractivity contribution in [3.8, 4) is 17.2 Å². The second kappa shape index (κ2) is 14.4. The van der Waals surface area contributed by atoms with Gasteiger partial charge in [-0.05, 0) is 81.0 Å². The zero-order chi connectivity index (χ0) is 29.2. The molecule has 0 amide bonds. The maximum Gasteiger partial charge on any atom is 0.168 e. The molecule has 2 aromatic carbocycles. The van der Waals surface area contributed by atoms with Crippen LogP contribution in [0.15, 0.2) is 78.0 Å². The van der Waals surface area contributed by atoms with Crippen molar-refractivity contribution >= 4 is 18.4 Å². The van der Waals surface area contributed by atoms with E-state index in [0.717, 1.165) is 61.4 Å². The van der Waals surface area contributed by atoms with Crippen LogP contribution in [0.1, 0.15) is 47.3 Å². The number of amidine groups is 1. The Morgan fingerprint density at radius 3 is 2.37 bits per heavy atom. The van der Waals surface area contributed by atoms with Gasteiger partial charge in [0, 0.05) is 49.5 Å². The van der Waals surface area contributed by atoms with Gasteiger partial charge in [0.2, 0.25) is 0 Å². The molecule has 2 unspecified atom stereocenters. The number of benzene rings is 2. The number of carbonyl (C=O) groups is 2. The first-order valence-electron chi connectivity index (χ1n) is 14.1. The number of likely N-dealkylation sites (N-methyl/N-ethyl adjacent to an activating group) is 2. The number of para-hydroxylation sites is 1. The molecule has 3 heterocycles. The number of nitrogens with two attached hydrogens (primary N) is 1. The molecule has 2 atom stereocenters. The lowest BCUT2D eigenvalue weighted by molar-refractivity contribution is -0.104. The minimum Gasteiger partial charge on any atom is -0.457 e. The molecule has 0 saturated carbocycles. The van der Waals surface area contributed by atoms with Gasteiger partial charge in [-0.3, -0.25) is 14.5 Å². The molecule has 216 valence electrons. The second-order valence-corrected chi connectivity index (χ2v) is 10.2. The number of aldehydes is 2. The van der Waals surface area contributed by atoms with Crippen LogP contribution in [0.25, 0.3) is 5.69 Å². The predicted molar refractivity (Wildman–Crippen MR) is 163 cm³/mol. The molecular formula is C32H40N6O3. The Balaban J connectivity index is 0.000000328. The van der Waals surface area contributed by atoms with Gasteiger partial charge in [-0.2, -0.15) is 5.10 Å². The minimum absolute atomic E-state index is 0.270. The summed E-state index contributed by atoms with van der Waals surface area (Å²) in [5, 5.41) is 4.15. The van der Waals surface area contributed by atoms with Crippen molar-refractivity contribution in [1.82, 2.24) is 19.8 Å². The molecule has 0 aliphatic carbocycles. The van der Waals surface area contributed by atoms with Crippen LogP contribution >= 0.6 is 0 Å². The third kappa shape index (κ3) is 7.31. The number of hydrogen-bond donors (Lipinski definition) is 2. The smallest absolute Gasteiger partial charge is 0.168 e. The van der Waals surface area contributed by atoms with Crippen LogP contribution in [0.4, 0.5) is 0 Å². The lowest BCUT2D eigenvalue weighted by atomic mass is 9.96. The summed E-state index contributed by atoms with van der Waals surface area (Å²) in [6, 6.07) is 17.9. The standard InChI is InChI=1S/C24H27N5O2.C8H13NO/c1-26-27-24(25)23-22(16-30)21(17-12-13-28(2)14-17)15-29(23)18-8-10-20(11-9-18)31-19-6-4-3-5-7-19;1-2-9-6-5-8(9)4-3-7-10/h3-11,15-17,26H,12-14H2,1-2H3,(H2,25,27);3-4,7-8H,2,5-6H2,1H3/b;4-3+. The lowest BCUT2D eigenvalue weighted by Gasteiger charge is -2.38. The van der Waals surface area contributed by atoms with Crippen molar-refractivity contribution in [3.05, 3.63) is 89.8 Å². The molecular weight excluding hydrogens is 516 g/mol. The Morgan fingerprint density at radius 2 is 1.80 bits per heavy atom. The molecule has 0 spiro atoms. The van der Waals surface area contributed by atoms with Crippen LogP contribution in [0.5, 0.6) is 11.5 Å². The largest absolute Gasteiger partial charge is 0.457 e. The van der Waals surface area contributed by atoms with Crippen molar-refractivity contribution < 1.29 is 14.3 Å². The quantitative estimate of drug-likeness (QED) is 0.127. The molecule has 1 aromatic heterocycles. The van der Waals surface area contributed by atoms with Gasteiger partial charge in [0.25, 0.3) is 0 Å². The third-order valence-corrected chi connectivity index (χ3v) is 7.59. The molecule has 2 fully saturated rings. The van der Waals surface area contributed by atoms with Gasteiger partial charge >= 0.3 is 0 Å². The van der Waals surface area contributed by atoms with Crippen LogP contribution in [-0.2, 0) is 4.79 Å². The highest BCUT2D eigenvalue weighted by molar-refractivity contribution is 6.04. The van der Waals surface area contributed by atoms with Crippen LogP contribution in [-0.4, -0.2) is 79.1 Å². The summed E-state index contributed by atoms with van der Waals surface area (Å²) >= 11 is 0. The number of likely N-dealkylation sites (tertiary alicyclic amines) is 2. The van der Waals surface area contributed by atoms with Crippen molar-refractivity contribution in [2.75, 3.05) is 40.3 Å². The van der Waals surface area contributed by atoms with E-state index in [1.54, 1.807) is 13.1 Å². The van der Waals surface area contributed by atoms with Crippen molar-refractivity contribution in [2.45, 2.75) is 31.7 Å². The summed E-state index contributed by atoms with van der Waals surface area (Å²) in [4.78, 5) is 26.7. The van der Waals surface area contributed by atoms with Gasteiger partial charge < -0.3 is 25.4 Å². The van der Waals surface area contributed by atoms with Crippen LogP contribution in [0.2, 0.25) is 0 Å². The molecule has 3 aromatic rings. The first kappa shape index (κ1) is 29.8. The summed E-state index contributed by atoms with van der Waals surface area (Å²) in [6.45, 7) is 6.34. The van der Waals surface area contributed by atoms with Crippen LogP contribution in [0.3, 0.4) is 0 Å². The summed E-state index contributed by atoms with van der Waals surface area (Å²) in [5.41, 5.74) is 12.1. The van der Waals surface area contributed by atoms with E-state index >= 15 is 0 Å². The maximum absolute atomic E-state index is 12.1. The van der Waals surface area contributed by atoms with Gasteiger partial charge in [0.1, 0.15) is 23.5 Å². The molecule has 41 heavy (non-hydrogen) atoms. The summed E-state index contributed by atoms with van der Waals surface area (Å²) in [5.74, 6) is 2.06. The number of aromatic nitrogens is 1. The first-order chi connectivity index (χ1) is 20.0. The number of nitrogens with zero attached hydrogens (tertiary/aromatic N) is 4. The summed E-state index contributed by atoms with van der Waals surface area (Å²) in [7, 11) is 3.78. The Bertz CT molecular complexity index is 1350. The van der Waals surface area contributed by atoms with Gasteiger partial charge in [-0.15, -0.1) is 0 Å². The molecule has 0 bridgehead atoms. The van der Waals surface area contributed by atoms with Crippen LogP contribution in [0, 0.1) is 0 Å². The number of hydrazone groups is 1. The van der Waals surface area contributed by atoms with E-state index in [4.69, 9.17) is 10.5 Å². The number of allylic oxidation sites excluding steroid dienone is 1. The molecule has 2 saturated heterocycles. The fraction of sp³-hybridized carbons (Fsp3) is 0.344. The van der Waals surface area contributed by atoms with Gasteiger partial charge in [-0.1, -0.05) is 31.2 Å². The Labute approximate surface area is 242 Å². The average Bonchev–Trinajstić information content (AvgIpc) is 3.58. The Kier molecular flexibility index (Phi) is 10.5. The van der Waals surface area contributed by atoms with E-state index in [9.17, 15) is 9.59 Å². The van der Waals surface area contributed by atoms with E-state index in [1.807, 2.05) is 71.4 Å². The monoisotopic (exact) mass is 556 g/mol. The summed E-state index contributed by atoms with van der Waals surface area (Å²) in [6.07, 6.45) is 9.53. The van der Waals surface area contributed by atoms with E-state index in [-0.39, 0.29) is 11.8 Å². The highest BCUT2D eigenvalue weighted by Gasteiger charge is 2.29. The van der Waals surface area contributed by atoms with E-state index in [2.05, 4.69) is 34.3 Å².